The van der Waals surface area contributed by atoms with Gasteiger partial charge < -0.3 is 9.47 Å². The van der Waals surface area contributed by atoms with Crippen LogP contribution in [0.3, 0.4) is 0 Å². The maximum Gasteiger partial charge on any atom is 0.271 e. The molecule has 0 fully saturated rings. The standard InChI is InChI=1S/C28H20N2O3S/c31-27-24(15-17-10-13-22-23(14-17)33-16-32-22)34-28-29-25-20-9-5-4-6-18(20)11-12-21(25)26(30(27)28)19-7-2-1-3-8-19/h1-10,13-15,26H,11-12,16H2/b24-15-/t26-/m1/s1. The lowest BCUT2D eigenvalue weighted by atomic mass is 9.83. The van der Waals surface area contributed by atoms with Crippen LogP contribution in [0, 0.1) is 0 Å². The molecule has 34 heavy (non-hydrogen) atoms. The highest BCUT2D eigenvalue weighted by molar-refractivity contribution is 7.07. The van der Waals surface area contributed by atoms with Crippen LogP contribution in [0.4, 0.5) is 0 Å². The summed E-state index contributed by atoms with van der Waals surface area (Å²) in [6.07, 6.45) is 3.77. The molecule has 1 aromatic heterocycles. The number of nitrogens with zero attached hydrogens (tertiary/aromatic N) is 2. The highest BCUT2D eigenvalue weighted by atomic mass is 32.1. The van der Waals surface area contributed by atoms with Crippen LogP contribution < -0.4 is 24.4 Å². The largest absolute Gasteiger partial charge is 0.454 e. The topological polar surface area (TPSA) is 52.8 Å². The van der Waals surface area contributed by atoms with E-state index >= 15 is 0 Å². The number of hydrogen-bond donors (Lipinski definition) is 0. The molecule has 1 atom stereocenters. The average Bonchev–Trinajstić information content (AvgIpc) is 3.47. The quantitative estimate of drug-likeness (QED) is 0.450. The molecule has 2 aliphatic heterocycles. The second-order valence-corrected chi connectivity index (χ2v) is 9.65. The minimum atomic E-state index is -0.153. The normalized spacial score (nSPS) is 18.2. The predicted octanol–water partition coefficient (Wildman–Crippen LogP) is 4.05. The Bertz CT molecular complexity index is 1660. The lowest BCUT2D eigenvalue weighted by molar-refractivity contribution is 0.174. The number of hydrogen-bond acceptors (Lipinski definition) is 5. The molecular formula is C28H20N2O3S. The van der Waals surface area contributed by atoms with E-state index in [1.165, 1.54) is 28.0 Å². The highest BCUT2D eigenvalue weighted by Gasteiger charge is 2.32. The predicted molar refractivity (Wildman–Crippen MR) is 132 cm³/mol. The molecule has 0 saturated carbocycles. The van der Waals surface area contributed by atoms with E-state index in [9.17, 15) is 4.79 Å². The fourth-order valence-electron chi connectivity index (χ4n) is 5.11. The lowest BCUT2D eigenvalue weighted by Gasteiger charge is -2.30. The Morgan fingerprint density at radius 1 is 0.941 bits per heavy atom. The van der Waals surface area contributed by atoms with Gasteiger partial charge in [0, 0.05) is 5.56 Å². The van der Waals surface area contributed by atoms with Crippen molar-refractivity contribution in [2.45, 2.75) is 18.9 Å². The molecule has 0 spiro atoms. The maximum atomic E-state index is 13.8. The molecule has 5 nitrogen and oxygen atoms in total. The lowest BCUT2D eigenvalue weighted by Crippen LogP contribution is -2.38. The fourth-order valence-corrected chi connectivity index (χ4v) is 6.11. The van der Waals surface area contributed by atoms with Gasteiger partial charge in [-0.1, -0.05) is 72.0 Å². The van der Waals surface area contributed by atoms with Gasteiger partial charge in [-0.25, -0.2) is 4.99 Å². The smallest absolute Gasteiger partial charge is 0.271 e. The highest BCUT2D eigenvalue weighted by Crippen LogP contribution is 2.41. The third-order valence-corrected chi connectivity index (χ3v) is 7.67. The van der Waals surface area contributed by atoms with Gasteiger partial charge in [-0.2, -0.15) is 0 Å². The summed E-state index contributed by atoms with van der Waals surface area (Å²) in [5.41, 5.74) is 6.73. The van der Waals surface area contributed by atoms with Crippen molar-refractivity contribution in [2.75, 3.05) is 6.79 Å². The van der Waals surface area contributed by atoms with E-state index in [-0.39, 0.29) is 18.4 Å². The first kappa shape index (κ1) is 19.6. The van der Waals surface area contributed by atoms with Crippen LogP contribution in [-0.2, 0) is 6.42 Å². The summed E-state index contributed by atoms with van der Waals surface area (Å²) in [4.78, 5) is 19.6. The van der Waals surface area contributed by atoms with Gasteiger partial charge in [0.05, 0.1) is 16.3 Å². The van der Waals surface area contributed by atoms with Crippen molar-refractivity contribution in [3.05, 3.63) is 120 Å². The fraction of sp³-hybridized carbons (Fsp3) is 0.143. The summed E-state index contributed by atoms with van der Waals surface area (Å²) in [7, 11) is 0. The van der Waals surface area contributed by atoms with Crippen LogP contribution in [0.2, 0.25) is 0 Å². The van der Waals surface area contributed by atoms with Crippen molar-refractivity contribution >= 4 is 23.1 Å². The maximum absolute atomic E-state index is 13.8. The molecular weight excluding hydrogens is 444 g/mol. The molecule has 0 N–H and O–H groups in total. The first-order chi connectivity index (χ1) is 16.8. The number of aryl methyl sites for hydroxylation is 1. The minimum Gasteiger partial charge on any atom is -0.454 e. The van der Waals surface area contributed by atoms with E-state index in [1.807, 2.05) is 47.0 Å². The van der Waals surface area contributed by atoms with E-state index in [0.29, 0.717) is 10.3 Å². The molecule has 1 aliphatic carbocycles. The molecule has 0 amide bonds. The minimum absolute atomic E-state index is 0.0133. The zero-order valence-corrected chi connectivity index (χ0v) is 19.0. The third-order valence-electron chi connectivity index (χ3n) is 6.68. The molecule has 6 heteroatoms. The molecule has 166 valence electrons. The third kappa shape index (κ3) is 2.99. The van der Waals surface area contributed by atoms with Gasteiger partial charge in [0.1, 0.15) is 0 Å². The summed E-state index contributed by atoms with van der Waals surface area (Å²) in [6.45, 7) is 0.227. The van der Waals surface area contributed by atoms with E-state index < -0.39 is 0 Å². The first-order valence-corrected chi connectivity index (χ1v) is 12.2. The van der Waals surface area contributed by atoms with E-state index in [0.717, 1.165) is 40.2 Å². The van der Waals surface area contributed by atoms with E-state index in [2.05, 4.69) is 36.4 Å². The van der Waals surface area contributed by atoms with E-state index in [1.54, 1.807) is 0 Å². The summed E-state index contributed by atoms with van der Waals surface area (Å²) >= 11 is 1.44. The van der Waals surface area contributed by atoms with E-state index in [4.69, 9.17) is 14.5 Å². The molecule has 7 rings (SSSR count). The Kier molecular flexibility index (Phi) is 4.35. The second-order valence-electron chi connectivity index (χ2n) is 8.64. The number of thiazole rings is 1. The van der Waals surface area contributed by atoms with Gasteiger partial charge in [-0.05, 0) is 53.3 Å². The molecule has 4 aromatic rings. The Morgan fingerprint density at radius 3 is 2.68 bits per heavy atom. The van der Waals surface area contributed by atoms with Crippen molar-refractivity contribution in [2.24, 2.45) is 4.99 Å². The second kappa shape index (κ2) is 7.57. The molecule has 3 aromatic carbocycles. The summed E-state index contributed by atoms with van der Waals surface area (Å²) in [6, 6.07) is 24.4. The van der Waals surface area contributed by atoms with Crippen LogP contribution >= 0.6 is 11.3 Å². The SMILES string of the molecule is O=c1/c(=C/c2ccc3c(c2)OCO3)sc2n1[C@H](c1ccccc1)C1=C(N=2)c2ccccc2CC1. The van der Waals surface area contributed by atoms with Crippen LogP contribution in [-0.4, -0.2) is 11.4 Å². The van der Waals surface area contributed by atoms with Crippen molar-refractivity contribution < 1.29 is 9.47 Å². The Hall–Kier alpha value is -3.90. The van der Waals surface area contributed by atoms with Gasteiger partial charge >= 0.3 is 0 Å². The summed E-state index contributed by atoms with van der Waals surface area (Å²) in [5, 5.41) is 0. The number of fused-ring (bicyclic) bond motifs is 4. The number of allylic oxidation sites excluding steroid dienone is 1. The van der Waals surface area contributed by atoms with Crippen molar-refractivity contribution in [1.82, 2.24) is 4.57 Å². The number of ether oxygens (including phenoxy) is 2. The van der Waals surface area contributed by atoms with Crippen LogP contribution in [0.5, 0.6) is 11.5 Å². The molecule has 3 aliphatic rings. The van der Waals surface area contributed by atoms with Crippen LogP contribution in [0.15, 0.2) is 88.2 Å². The van der Waals surface area contributed by atoms with Gasteiger partial charge in [-0.15, -0.1) is 0 Å². The Morgan fingerprint density at radius 2 is 1.76 bits per heavy atom. The summed E-state index contributed by atoms with van der Waals surface area (Å²) in [5.74, 6) is 1.43. The van der Waals surface area contributed by atoms with Gasteiger partial charge in [-0.3, -0.25) is 9.36 Å². The zero-order chi connectivity index (χ0) is 22.6. The monoisotopic (exact) mass is 464 g/mol. The first-order valence-electron chi connectivity index (χ1n) is 11.3. The van der Waals surface area contributed by atoms with Crippen LogP contribution in [0.25, 0.3) is 11.8 Å². The molecule has 0 radical (unpaired) electrons. The van der Waals surface area contributed by atoms with Crippen molar-refractivity contribution in [3.8, 4) is 11.5 Å². The molecule has 0 saturated heterocycles. The van der Waals surface area contributed by atoms with Gasteiger partial charge in [0.15, 0.2) is 16.3 Å². The van der Waals surface area contributed by atoms with Gasteiger partial charge in [0.25, 0.3) is 5.56 Å². The zero-order valence-electron chi connectivity index (χ0n) is 18.2. The van der Waals surface area contributed by atoms with Crippen molar-refractivity contribution in [1.29, 1.82) is 0 Å². The molecule has 0 unspecified atom stereocenters. The number of benzene rings is 3. The Labute approximate surface area is 199 Å². The van der Waals surface area contributed by atoms with Crippen LogP contribution in [0.1, 0.15) is 34.7 Å². The van der Waals surface area contributed by atoms with Gasteiger partial charge in [0.2, 0.25) is 6.79 Å². The summed E-state index contributed by atoms with van der Waals surface area (Å²) < 4.78 is 13.5. The molecule has 0 bridgehead atoms. The van der Waals surface area contributed by atoms with Crippen molar-refractivity contribution in [3.63, 3.8) is 0 Å². The number of aromatic nitrogens is 1. The average molecular weight is 465 g/mol. The molecule has 3 heterocycles. The Balaban J connectivity index is 1.46. The number of rotatable bonds is 2.